The number of anilines is 1. The van der Waals surface area contributed by atoms with Gasteiger partial charge in [0.15, 0.2) is 0 Å². The summed E-state index contributed by atoms with van der Waals surface area (Å²) >= 11 is 0. The van der Waals surface area contributed by atoms with Crippen LogP contribution in [0.1, 0.15) is 22.4 Å². The third-order valence-corrected chi connectivity index (χ3v) is 3.21. The van der Waals surface area contributed by atoms with Crippen LogP contribution in [-0.2, 0) is 0 Å². The Bertz CT molecular complexity index is 744. The monoisotopic (exact) mass is 254 g/mol. The molecule has 1 aromatic carbocycles. The highest BCUT2D eigenvalue weighted by molar-refractivity contribution is 5.64. The van der Waals surface area contributed by atoms with Crippen molar-refractivity contribution in [2.75, 3.05) is 5.73 Å². The maximum Gasteiger partial charge on any atom is 0.143 e. The van der Waals surface area contributed by atoms with Gasteiger partial charge in [-0.05, 0) is 31.5 Å². The van der Waals surface area contributed by atoms with Gasteiger partial charge in [-0.25, -0.2) is 4.39 Å². The van der Waals surface area contributed by atoms with Gasteiger partial charge in [0.25, 0.3) is 0 Å². The van der Waals surface area contributed by atoms with E-state index in [4.69, 9.17) is 16.3 Å². The average molecular weight is 254 g/mol. The number of rotatable bonds is 1. The van der Waals surface area contributed by atoms with Gasteiger partial charge in [-0.2, -0.15) is 10.5 Å². The second-order valence-electron chi connectivity index (χ2n) is 4.16. The van der Waals surface area contributed by atoms with Crippen LogP contribution in [0.3, 0.4) is 0 Å². The molecule has 19 heavy (non-hydrogen) atoms. The van der Waals surface area contributed by atoms with Crippen molar-refractivity contribution >= 4 is 5.82 Å². The summed E-state index contributed by atoms with van der Waals surface area (Å²) in [5, 5.41) is 18.1. The van der Waals surface area contributed by atoms with E-state index in [1.165, 1.54) is 16.7 Å². The van der Waals surface area contributed by atoms with Crippen LogP contribution in [-0.4, -0.2) is 4.57 Å². The van der Waals surface area contributed by atoms with Crippen LogP contribution < -0.4 is 5.73 Å². The molecule has 0 aliphatic rings. The molecule has 0 saturated heterocycles. The van der Waals surface area contributed by atoms with Crippen LogP contribution in [0, 0.1) is 42.3 Å². The number of nitrogen functional groups attached to an aromatic ring is 1. The lowest BCUT2D eigenvalue weighted by Gasteiger charge is -2.11. The summed E-state index contributed by atoms with van der Waals surface area (Å²) in [5.41, 5.74) is 7.99. The molecule has 0 atom stereocenters. The van der Waals surface area contributed by atoms with E-state index >= 15 is 0 Å². The van der Waals surface area contributed by atoms with Gasteiger partial charge in [-0.15, -0.1) is 0 Å². The quantitative estimate of drug-likeness (QED) is 0.849. The Morgan fingerprint density at radius 1 is 1.16 bits per heavy atom. The predicted molar refractivity (Wildman–Crippen MR) is 69.0 cm³/mol. The van der Waals surface area contributed by atoms with E-state index in [1.807, 2.05) is 12.1 Å². The Balaban J connectivity index is 2.86. The summed E-state index contributed by atoms with van der Waals surface area (Å²) in [4.78, 5) is 0. The molecule has 5 heteroatoms. The molecule has 0 saturated carbocycles. The smallest absolute Gasteiger partial charge is 0.143 e. The third-order valence-electron chi connectivity index (χ3n) is 3.21. The standard InChI is InChI=1S/C14H11FN4/c1-8-9(2)19(14(18)10(8)6-16)13-5-3-4-12(15)11(13)7-17/h3-5H,18H2,1-2H3. The Morgan fingerprint density at radius 2 is 1.79 bits per heavy atom. The summed E-state index contributed by atoms with van der Waals surface area (Å²) < 4.78 is 15.2. The highest BCUT2D eigenvalue weighted by Gasteiger charge is 2.19. The van der Waals surface area contributed by atoms with Gasteiger partial charge in [0, 0.05) is 5.69 Å². The van der Waals surface area contributed by atoms with Crippen molar-refractivity contribution in [3.63, 3.8) is 0 Å². The fraction of sp³-hybridized carbons (Fsp3) is 0.143. The van der Waals surface area contributed by atoms with E-state index in [9.17, 15) is 4.39 Å². The molecule has 0 aliphatic carbocycles. The largest absolute Gasteiger partial charge is 0.384 e. The molecule has 2 aromatic rings. The molecule has 0 bridgehead atoms. The predicted octanol–water partition coefficient (Wildman–Crippen LogP) is 2.56. The first-order valence-electron chi connectivity index (χ1n) is 5.59. The topological polar surface area (TPSA) is 78.5 Å². The van der Waals surface area contributed by atoms with Gasteiger partial charge >= 0.3 is 0 Å². The molecule has 0 unspecified atom stereocenters. The molecule has 0 radical (unpaired) electrons. The average Bonchev–Trinajstić information content (AvgIpc) is 2.60. The molecule has 0 aliphatic heterocycles. The normalized spacial score (nSPS) is 9.95. The van der Waals surface area contributed by atoms with Crippen molar-refractivity contribution in [2.45, 2.75) is 13.8 Å². The van der Waals surface area contributed by atoms with Crippen LogP contribution >= 0.6 is 0 Å². The van der Waals surface area contributed by atoms with E-state index in [1.54, 1.807) is 19.9 Å². The van der Waals surface area contributed by atoms with Crippen molar-refractivity contribution in [1.82, 2.24) is 4.57 Å². The Kier molecular flexibility index (Phi) is 2.98. The van der Waals surface area contributed by atoms with E-state index < -0.39 is 5.82 Å². The molecule has 4 nitrogen and oxygen atoms in total. The van der Waals surface area contributed by atoms with Crippen molar-refractivity contribution in [1.29, 1.82) is 10.5 Å². The summed E-state index contributed by atoms with van der Waals surface area (Å²) in [7, 11) is 0. The van der Waals surface area contributed by atoms with Gasteiger partial charge < -0.3 is 5.73 Å². The molecular formula is C14H11FN4. The van der Waals surface area contributed by atoms with Gasteiger partial charge in [0.05, 0.1) is 11.3 Å². The van der Waals surface area contributed by atoms with Crippen molar-refractivity contribution in [3.05, 3.63) is 46.4 Å². The number of nitrogens with two attached hydrogens (primary N) is 1. The summed E-state index contributed by atoms with van der Waals surface area (Å²) in [6.07, 6.45) is 0. The maximum atomic E-state index is 13.6. The molecule has 1 heterocycles. The first-order chi connectivity index (χ1) is 9.02. The SMILES string of the molecule is Cc1c(C#N)c(N)n(-c2cccc(F)c2C#N)c1C. The maximum absolute atomic E-state index is 13.6. The van der Waals surface area contributed by atoms with Gasteiger partial charge in [0.2, 0.25) is 0 Å². The molecule has 0 spiro atoms. The molecule has 94 valence electrons. The fourth-order valence-electron chi connectivity index (χ4n) is 2.09. The van der Waals surface area contributed by atoms with Crippen LogP contribution in [0.25, 0.3) is 5.69 Å². The zero-order valence-electron chi connectivity index (χ0n) is 10.5. The van der Waals surface area contributed by atoms with Crippen molar-refractivity contribution in [2.24, 2.45) is 0 Å². The van der Waals surface area contributed by atoms with E-state index in [-0.39, 0.29) is 11.4 Å². The number of nitriles is 2. The lowest BCUT2D eigenvalue weighted by molar-refractivity contribution is 0.622. The van der Waals surface area contributed by atoms with E-state index in [0.717, 1.165) is 11.3 Å². The highest BCUT2D eigenvalue weighted by atomic mass is 19.1. The first-order valence-corrected chi connectivity index (χ1v) is 5.59. The highest BCUT2D eigenvalue weighted by Crippen LogP contribution is 2.29. The number of halogens is 1. The van der Waals surface area contributed by atoms with E-state index in [2.05, 4.69) is 0 Å². The second-order valence-corrected chi connectivity index (χ2v) is 4.16. The number of hydrogen-bond donors (Lipinski definition) is 1. The number of hydrogen-bond acceptors (Lipinski definition) is 3. The number of aromatic nitrogens is 1. The Hall–Kier alpha value is -2.79. The van der Waals surface area contributed by atoms with Gasteiger partial charge in [-0.3, -0.25) is 4.57 Å². The van der Waals surface area contributed by atoms with Crippen LogP contribution in [0.4, 0.5) is 10.2 Å². The zero-order chi connectivity index (χ0) is 14.2. The number of nitrogens with zero attached hydrogens (tertiary/aromatic N) is 3. The van der Waals surface area contributed by atoms with Gasteiger partial charge in [0.1, 0.15) is 29.3 Å². The van der Waals surface area contributed by atoms with Crippen LogP contribution in [0.15, 0.2) is 18.2 Å². The molecule has 0 amide bonds. The Labute approximate surface area is 110 Å². The van der Waals surface area contributed by atoms with E-state index in [0.29, 0.717) is 11.3 Å². The van der Waals surface area contributed by atoms with Gasteiger partial charge in [-0.1, -0.05) is 6.07 Å². The fourth-order valence-corrected chi connectivity index (χ4v) is 2.09. The van der Waals surface area contributed by atoms with Crippen LogP contribution in [0.2, 0.25) is 0 Å². The minimum Gasteiger partial charge on any atom is -0.384 e. The minimum atomic E-state index is -0.608. The molecule has 0 fully saturated rings. The molecule has 2 N–H and O–H groups in total. The second kappa shape index (κ2) is 4.47. The Morgan fingerprint density at radius 3 is 2.32 bits per heavy atom. The lowest BCUT2D eigenvalue weighted by Crippen LogP contribution is -2.05. The molecular weight excluding hydrogens is 243 g/mol. The molecule has 1 aromatic heterocycles. The molecule has 2 rings (SSSR count). The number of benzene rings is 1. The summed E-state index contributed by atoms with van der Waals surface area (Å²) in [5.74, 6) is -0.386. The minimum absolute atomic E-state index is 0.0863. The first kappa shape index (κ1) is 12.7. The zero-order valence-corrected chi connectivity index (χ0v) is 10.5. The van der Waals surface area contributed by atoms with Crippen LogP contribution in [0.5, 0.6) is 0 Å². The summed E-state index contributed by atoms with van der Waals surface area (Å²) in [6.45, 7) is 3.55. The lowest BCUT2D eigenvalue weighted by atomic mass is 10.1. The van der Waals surface area contributed by atoms with Crippen molar-refractivity contribution < 1.29 is 4.39 Å². The third kappa shape index (κ3) is 1.73. The summed E-state index contributed by atoms with van der Waals surface area (Å²) in [6, 6.07) is 8.18. The van der Waals surface area contributed by atoms with Crippen molar-refractivity contribution in [3.8, 4) is 17.8 Å².